The van der Waals surface area contributed by atoms with Crippen LogP contribution >= 0.6 is 0 Å². The van der Waals surface area contributed by atoms with Crippen LogP contribution < -0.4 is 20.1 Å². The number of nitrogens with zero attached hydrogens (tertiary/aromatic N) is 1. The predicted molar refractivity (Wildman–Crippen MR) is 84.7 cm³/mol. The van der Waals surface area contributed by atoms with E-state index in [0.717, 1.165) is 50.1 Å². The first-order valence-corrected chi connectivity index (χ1v) is 7.64. The van der Waals surface area contributed by atoms with Crippen molar-refractivity contribution in [3.63, 3.8) is 0 Å². The Morgan fingerprint density at radius 2 is 2.00 bits per heavy atom. The summed E-state index contributed by atoms with van der Waals surface area (Å²) < 4.78 is 16.5. The molecule has 22 heavy (non-hydrogen) atoms. The molecule has 2 heterocycles. The minimum Gasteiger partial charge on any atom is -0.454 e. The summed E-state index contributed by atoms with van der Waals surface area (Å²) in [6, 6.07) is 6.25. The highest BCUT2D eigenvalue weighted by atomic mass is 16.7. The number of hydrogen-bond donors (Lipinski definition) is 2. The third kappa shape index (κ3) is 2.83. The zero-order valence-electron chi connectivity index (χ0n) is 13.1. The number of benzene rings is 1. The van der Waals surface area contributed by atoms with Crippen molar-refractivity contribution in [2.24, 2.45) is 4.99 Å². The molecule has 2 aliphatic heterocycles. The average molecular weight is 305 g/mol. The van der Waals surface area contributed by atoms with E-state index in [1.807, 2.05) is 13.1 Å². The van der Waals surface area contributed by atoms with Crippen molar-refractivity contribution in [2.75, 3.05) is 40.6 Å². The highest BCUT2D eigenvalue weighted by molar-refractivity contribution is 5.79. The molecule has 0 saturated carbocycles. The minimum atomic E-state index is 0.0199. The van der Waals surface area contributed by atoms with Crippen LogP contribution in [0.5, 0.6) is 11.5 Å². The van der Waals surface area contributed by atoms with Gasteiger partial charge < -0.3 is 24.8 Å². The number of fused-ring (bicyclic) bond motifs is 1. The lowest BCUT2D eigenvalue weighted by Gasteiger charge is -2.38. The first kappa shape index (κ1) is 15.0. The molecular formula is C16H23N3O3. The van der Waals surface area contributed by atoms with Crippen LogP contribution in [0.2, 0.25) is 0 Å². The number of aliphatic imine (C=N–C) groups is 1. The molecule has 1 fully saturated rings. The minimum absolute atomic E-state index is 0.0199. The van der Waals surface area contributed by atoms with E-state index in [1.54, 1.807) is 7.05 Å². The fourth-order valence-electron chi connectivity index (χ4n) is 3.09. The summed E-state index contributed by atoms with van der Waals surface area (Å²) in [4.78, 5) is 4.19. The third-order valence-corrected chi connectivity index (χ3v) is 4.49. The van der Waals surface area contributed by atoms with Crippen LogP contribution in [0.1, 0.15) is 18.4 Å². The van der Waals surface area contributed by atoms with E-state index in [2.05, 4.69) is 27.8 Å². The van der Waals surface area contributed by atoms with Crippen molar-refractivity contribution in [1.82, 2.24) is 10.6 Å². The van der Waals surface area contributed by atoms with Gasteiger partial charge in [0.25, 0.3) is 0 Å². The Morgan fingerprint density at radius 3 is 2.73 bits per heavy atom. The highest BCUT2D eigenvalue weighted by Crippen LogP contribution is 2.40. The fourth-order valence-corrected chi connectivity index (χ4v) is 3.09. The van der Waals surface area contributed by atoms with E-state index in [4.69, 9.17) is 14.2 Å². The molecule has 6 heteroatoms. The second kappa shape index (κ2) is 6.44. The van der Waals surface area contributed by atoms with Gasteiger partial charge in [-0.15, -0.1) is 0 Å². The molecule has 0 amide bonds. The van der Waals surface area contributed by atoms with Crippen molar-refractivity contribution < 1.29 is 14.2 Å². The second-order valence-corrected chi connectivity index (χ2v) is 5.64. The lowest BCUT2D eigenvalue weighted by Crippen LogP contribution is -2.47. The van der Waals surface area contributed by atoms with Crippen molar-refractivity contribution in [1.29, 1.82) is 0 Å². The molecule has 120 valence electrons. The van der Waals surface area contributed by atoms with Gasteiger partial charge in [-0.3, -0.25) is 4.99 Å². The molecule has 0 bridgehead atoms. The Balaban J connectivity index is 1.85. The second-order valence-electron chi connectivity index (χ2n) is 5.64. The van der Waals surface area contributed by atoms with Gasteiger partial charge in [0.15, 0.2) is 17.5 Å². The van der Waals surface area contributed by atoms with Gasteiger partial charge in [-0.25, -0.2) is 0 Å². The van der Waals surface area contributed by atoms with Crippen LogP contribution in [0.4, 0.5) is 0 Å². The lowest BCUT2D eigenvalue weighted by molar-refractivity contribution is 0.0513. The highest BCUT2D eigenvalue weighted by Gasteiger charge is 2.35. The Labute approximate surface area is 130 Å². The molecule has 3 rings (SSSR count). The van der Waals surface area contributed by atoms with Crippen LogP contribution in [0.15, 0.2) is 23.2 Å². The number of ether oxygens (including phenoxy) is 3. The summed E-state index contributed by atoms with van der Waals surface area (Å²) in [5.74, 6) is 2.46. The predicted octanol–water partition coefficient (Wildman–Crippen LogP) is 1.26. The molecule has 0 atom stereocenters. The molecule has 0 radical (unpaired) electrons. The molecule has 1 saturated heterocycles. The van der Waals surface area contributed by atoms with Gasteiger partial charge >= 0.3 is 0 Å². The Hall–Kier alpha value is -1.95. The van der Waals surface area contributed by atoms with Gasteiger partial charge in [-0.05, 0) is 30.5 Å². The summed E-state index contributed by atoms with van der Waals surface area (Å²) in [5, 5.41) is 6.47. The maximum absolute atomic E-state index is 5.57. The summed E-state index contributed by atoms with van der Waals surface area (Å²) in [7, 11) is 3.64. The standard InChI is InChI=1S/C16H23N3O3/c1-17-15(18-2)19-10-16(5-7-20-8-6-16)12-3-4-13-14(9-12)22-11-21-13/h3-4,9H,5-8,10-11H2,1-2H3,(H2,17,18,19). The summed E-state index contributed by atoms with van der Waals surface area (Å²) in [6.45, 7) is 2.66. The quantitative estimate of drug-likeness (QED) is 0.650. The molecule has 0 aromatic heterocycles. The largest absolute Gasteiger partial charge is 0.454 e. The molecule has 2 N–H and O–H groups in total. The van der Waals surface area contributed by atoms with Crippen LogP contribution in [-0.2, 0) is 10.2 Å². The average Bonchev–Trinajstić information content (AvgIpc) is 3.04. The molecule has 1 aromatic rings. The van der Waals surface area contributed by atoms with Crippen LogP contribution in [0, 0.1) is 0 Å². The van der Waals surface area contributed by atoms with E-state index < -0.39 is 0 Å². The summed E-state index contributed by atoms with van der Waals surface area (Å²) >= 11 is 0. The van der Waals surface area contributed by atoms with Gasteiger partial charge in [-0.2, -0.15) is 0 Å². The van der Waals surface area contributed by atoms with E-state index in [-0.39, 0.29) is 5.41 Å². The fraction of sp³-hybridized carbons (Fsp3) is 0.562. The van der Waals surface area contributed by atoms with Crippen LogP contribution in [-0.4, -0.2) is 46.6 Å². The Morgan fingerprint density at radius 1 is 1.23 bits per heavy atom. The topological polar surface area (TPSA) is 64.1 Å². The Bertz CT molecular complexity index is 554. The SMILES string of the molecule is CN=C(NC)NCC1(c2ccc3c(c2)OCO3)CCOCC1. The number of nitrogens with one attached hydrogen (secondary N) is 2. The first-order chi connectivity index (χ1) is 10.8. The van der Waals surface area contributed by atoms with Crippen LogP contribution in [0.3, 0.4) is 0 Å². The van der Waals surface area contributed by atoms with Gasteiger partial charge in [-0.1, -0.05) is 6.07 Å². The summed E-state index contributed by atoms with van der Waals surface area (Å²) in [5.41, 5.74) is 1.28. The van der Waals surface area contributed by atoms with Crippen molar-refractivity contribution in [3.8, 4) is 11.5 Å². The molecule has 0 unspecified atom stereocenters. The molecule has 2 aliphatic rings. The lowest BCUT2D eigenvalue weighted by atomic mass is 9.74. The summed E-state index contributed by atoms with van der Waals surface area (Å²) in [6.07, 6.45) is 1.95. The van der Waals surface area contributed by atoms with Crippen molar-refractivity contribution >= 4 is 5.96 Å². The van der Waals surface area contributed by atoms with Crippen molar-refractivity contribution in [2.45, 2.75) is 18.3 Å². The zero-order chi connectivity index (χ0) is 15.4. The molecule has 0 spiro atoms. The van der Waals surface area contributed by atoms with Gasteiger partial charge in [0.2, 0.25) is 6.79 Å². The van der Waals surface area contributed by atoms with E-state index in [0.29, 0.717) is 6.79 Å². The van der Waals surface area contributed by atoms with Gasteiger partial charge in [0, 0.05) is 39.3 Å². The van der Waals surface area contributed by atoms with E-state index >= 15 is 0 Å². The smallest absolute Gasteiger partial charge is 0.231 e. The van der Waals surface area contributed by atoms with Gasteiger partial charge in [0.1, 0.15) is 0 Å². The normalized spacial score (nSPS) is 19.8. The van der Waals surface area contributed by atoms with Crippen LogP contribution in [0.25, 0.3) is 0 Å². The number of hydrogen-bond acceptors (Lipinski definition) is 4. The first-order valence-electron chi connectivity index (χ1n) is 7.64. The number of rotatable bonds is 3. The third-order valence-electron chi connectivity index (χ3n) is 4.49. The number of guanidine groups is 1. The van der Waals surface area contributed by atoms with E-state index in [9.17, 15) is 0 Å². The monoisotopic (exact) mass is 305 g/mol. The molecule has 0 aliphatic carbocycles. The molecular weight excluding hydrogens is 282 g/mol. The van der Waals surface area contributed by atoms with Crippen molar-refractivity contribution in [3.05, 3.63) is 23.8 Å². The van der Waals surface area contributed by atoms with Gasteiger partial charge in [0.05, 0.1) is 0 Å². The molecule has 6 nitrogen and oxygen atoms in total. The maximum atomic E-state index is 5.57. The molecule has 1 aromatic carbocycles. The van der Waals surface area contributed by atoms with E-state index in [1.165, 1.54) is 5.56 Å². The zero-order valence-corrected chi connectivity index (χ0v) is 13.1. The maximum Gasteiger partial charge on any atom is 0.231 e. The Kier molecular flexibility index (Phi) is 4.38.